The lowest BCUT2D eigenvalue weighted by Gasteiger charge is -2.40. The number of rotatable bonds is 11. The summed E-state index contributed by atoms with van der Waals surface area (Å²) in [5.74, 6) is 2.66. The van der Waals surface area contributed by atoms with Crippen LogP contribution in [0.25, 0.3) is 0 Å². The number of likely N-dealkylation sites (N-methyl/N-ethyl adjacent to an activating group) is 1. The molecular formula is C35H56N6O3. The number of pyridine rings is 1. The number of amides is 2. The largest absolute Gasteiger partial charge is 0.370 e. The quantitative estimate of drug-likeness (QED) is 0.383. The highest BCUT2D eigenvalue weighted by Crippen LogP contribution is 2.33. The third-order valence-corrected chi connectivity index (χ3v) is 11.1. The zero-order valence-corrected chi connectivity index (χ0v) is 27.3. The Morgan fingerprint density at radius 3 is 2.16 bits per heavy atom. The third kappa shape index (κ3) is 8.81. The first kappa shape index (κ1) is 32.9. The monoisotopic (exact) mass is 608 g/mol. The van der Waals surface area contributed by atoms with Crippen LogP contribution in [0.2, 0.25) is 0 Å². The fraction of sp³-hybridized carbons (Fsp3) is 0.771. The fourth-order valence-corrected chi connectivity index (χ4v) is 8.18. The molecule has 244 valence electrons. The van der Waals surface area contributed by atoms with E-state index in [-0.39, 0.29) is 17.7 Å². The van der Waals surface area contributed by atoms with Crippen LogP contribution < -0.4 is 10.2 Å². The summed E-state index contributed by atoms with van der Waals surface area (Å²) in [5, 5.41) is 2.74. The molecular weight excluding hydrogens is 552 g/mol. The number of nitrogens with one attached hydrogen (secondary N) is 1. The van der Waals surface area contributed by atoms with Gasteiger partial charge in [-0.25, -0.2) is 0 Å². The van der Waals surface area contributed by atoms with Crippen LogP contribution in [-0.2, 0) is 14.4 Å². The molecule has 0 bridgehead atoms. The van der Waals surface area contributed by atoms with Crippen molar-refractivity contribution in [3.05, 3.63) is 24.0 Å². The third-order valence-electron chi connectivity index (χ3n) is 11.1. The number of carbonyl (C=O) groups is 3. The first-order valence-corrected chi connectivity index (χ1v) is 17.5. The van der Waals surface area contributed by atoms with Crippen molar-refractivity contribution < 1.29 is 14.4 Å². The Kier molecular flexibility index (Phi) is 12.1. The topological polar surface area (TPSA) is 89.1 Å². The molecule has 0 aliphatic carbocycles. The molecule has 0 aromatic carbocycles. The molecule has 9 nitrogen and oxygen atoms in total. The highest BCUT2D eigenvalue weighted by molar-refractivity contribution is 5.83. The van der Waals surface area contributed by atoms with Gasteiger partial charge < -0.3 is 29.7 Å². The molecule has 4 fully saturated rings. The zero-order valence-electron chi connectivity index (χ0n) is 27.3. The minimum atomic E-state index is -0.343. The second kappa shape index (κ2) is 16.2. The van der Waals surface area contributed by atoms with Gasteiger partial charge in [0.15, 0.2) is 0 Å². The number of piperidine rings is 4. The number of aromatic nitrogens is 1. The first-order chi connectivity index (χ1) is 21.4. The summed E-state index contributed by atoms with van der Waals surface area (Å²) in [7, 11) is 3.81. The second-order valence-corrected chi connectivity index (χ2v) is 14.1. The van der Waals surface area contributed by atoms with Gasteiger partial charge in [0.05, 0.1) is 17.8 Å². The van der Waals surface area contributed by atoms with Crippen molar-refractivity contribution in [1.29, 1.82) is 0 Å². The van der Waals surface area contributed by atoms with E-state index in [1.54, 1.807) is 13.2 Å². The van der Waals surface area contributed by atoms with E-state index >= 15 is 0 Å². The van der Waals surface area contributed by atoms with Crippen LogP contribution in [0.1, 0.15) is 82.1 Å². The van der Waals surface area contributed by atoms with E-state index in [9.17, 15) is 14.4 Å². The number of anilines is 1. The Morgan fingerprint density at radius 2 is 1.52 bits per heavy atom. The Labute approximate surface area is 265 Å². The van der Waals surface area contributed by atoms with Crippen molar-refractivity contribution in [2.24, 2.45) is 23.7 Å². The highest BCUT2D eigenvalue weighted by Gasteiger charge is 2.32. The lowest BCUT2D eigenvalue weighted by atomic mass is 9.82. The van der Waals surface area contributed by atoms with Gasteiger partial charge in [-0.05, 0) is 127 Å². The van der Waals surface area contributed by atoms with Gasteiger partial charge in [0.25, 0.3) is 0 Å². The van der Waals surface area contributed by atoms with E-state index in [1.165, 1.54) is 64.6 Å². The highest BCUT2D eigenvalue weighted by atomic mass is 16.2. The standard InChI is InChI=1S/C35H56N6O3/c1-36-34(43)33(4-3-21-42)31-23-32(25-37-24-31)40-17-9-29(10-18-40)26-39-15-5-27(6-16-39)22-28-7-19-41(20-8-28)35(44)30-11-13-38(2)14-12-30/h21,23-25,27-30,33H,3-20,22,26H2,1-2H3,(H,36,43). The van der Waals surface area contributed by atoms with Crippen molar-refractivity contribution in [3.8, 4) is 0 Å². The number of hydrogen-bond acceptors (Lipinski definition) is 7. The van der Waals surface area contributed by atoms with Crippen LogP contribution in [0, 0.1) is 23.7 Å². The molecule has 0 radical (unpaired) electrons. The minimum Gasteiger partial charge on any atom is -0.370 e. The van der Waals surface area contributed by atoms with E-state index < -0.39 is 0 Å². The lowest BCUT2D eigenvalue weighted by molar-refractivity contribution is -0.138. The maximum Gasteiger partial charge on any atom is 0.227 e. The number of carbonyl (C=O) groups excluding carboxylic acids is 3. The van der Waals surface area contributed by atoms with Gasteiger partial charge >= 0.3 is 0 Å². The summed E-state index contributed by atoms with van der Waals surface area (Å²) in [6, 6.07) is 2.10. The number of hydrogen-bond donors (Lipinski definition) is 1. The normalized spacial score (nSPS) is 23.0. The van der Waals surface area contributed by atoms with E-state index in [2.05, 4.69) is 43.0 Å². The molecule has 4 aliphatic heterocycles. The molecule has 9 heteroatoms. The Morgan fingerprint density at radius 1 is 0.886 bits per heavy atom. The van der Waals surface area contributed by atoms with Crippen molar-refractivity contribution >= 4 is 23.8 Å². The molecule has 5 heterocycles. The first-order valence-electron chi connectivity index (χ1n) is 17.5. The molecule has 1 unspecified atom stereocenters. The maximum atomic E-state index is 13.0. The van der Waals surface area contributed by atoms with Crippen molar-refractivity contribution in [3.63, 3.8) is 0 Å². The predicted molar refractivity (Wildman–Crippen MR) is 175 cm³/mol. The molecule has 44 heavy (non-hydrogen) atoms. The van der Waals surface area contributed by atoms with Gasteiger partial charge in [0.1, 0.15) is 6.29 Å². The van der Waals surface area contributed by atoms with E-state index in [0.717, 1.165) is 87.4 Å². The average Bonchev–Trinajstić information content (AvgIpc) is 3.06. The maximum absolute atomic E-state index is 13.0. The van der Waals surface area contributed by atoms with Crippen LogP contribution in [0.5, 0.6) is 0 Å². The van der Waals surface area contributed by atoms with Crippen LogP contribution >= 0.6 is 0 Å². The number of nitrogens with zero attached hydrogens (tertiary/aromatic N) is 5. The van der Waals surface area contributed by atoms with Gasteiger partial charge in [0, 0.05) is 58.3 Å². The molecule has 1 N–H and O–H groups in total. The van der Waals surface area contributed by atoms with Crippen LogP contribution in [0.15, 0.2) is 18.5 Å². The molecule has 2 amide bonds. The predicted octanol–water partition coefficient (Wildman–Crippen LogP) is 3.79. The Hall–Kier alpha value is -2.52. The number of likely N-dealkylation sites (tertiary alicyclic amines) is 3. The minimum absolute atomic E-state index is 0.0616. The van der Waals surface area contributed by atoms with Crippen molar-refractivity contribution in [1.82, 2.24) is 25.0 Å². The number of aldehydes is 1. The summed E-state index contributed by atoms with van der Waals surface area (Å²) in [6.45, 7) is 9.77. The summed E-state index contributed by atoms with van der Waals surface area (Å²) < 4.78 is 0. The molecule has 0 spiro atoms. The van der Waals surface area contributed by atoms with E-state index in [4.69, 9.17) is 0 Å². The molecule has 4 aliphatic rings. The molecule has 1 atom stereocenters. The zero-order chi connectivity index (χ0) is 30.9. The van der Waals surface area contributed by atoms with E-state index in [0.29, 0.717) is 18.7 Å². The van der Waals surface area contributed by atoms with Gasteiger partial charge in [-0.15, -0.1) is 0 Å². The Balaban J connectivity index is 0.993. The molecule has 1 aromatic rings. The van der Waals surface area contributed by atoms with Crippen molar-refractivity contribution in [2.75, 3.05) is 77.9 Å². The fourth-order valence-electron chi connectivity index (χ4n) is 8.18. The molecule has 1 aromatic heterocycles. The summed E-state index contributed by atoms with van der Waals surface area (Å²) in [6.07, 6.45) is 16.2. The van der Waals surface area contributed by atoms with Gasteiger partial charge in [-0.2, -0.15) is 0 Å². The summed E-state index contributed by atoms with van der Waals surface area (Å²) >= 11 is 0. The lowest BCUT2D eigenvalue weighted by Crippen LogP contribution is -2.45. The smallest absolute Gasteiger partial charge is 0.227 e. The molecule has 0 saturated carbocycles. The van der Waals surface area contributed by atoms with Gasteiger partial charge in [-0.1, -0.05) is 0 Å². The van der Waals surface area contributed by atoms with Gasteiger partial charge in [0.2, 0.25) is 11.8 Å². The SMILES string of the molecule is CNC(=O)C(CCC=O)c1cncc(N2CCC(CN3CCC(CC4CCN(C(=O)C5CCN(C)CC5)CC4)CC3)CC2)c1. The van der Waals surface area contributed by atoms with Crippen molar-refractivity contribution in [2.45, 2.75) is 76.5 Å². The van der Waals surface area contributed by atoms with Crippen LogP contribution in [-0.4, -0.2) is 111 Å². The molecule has 4 saturated heterocycles. The van der Waals surface area contributed by atoms with E-state index in [1.807, 2.05) is 6.20 Å². The average molecular weight is 609 g/mol. The second-order valence-electron chi connectivity index (χ2n) is 14.1. The summed E-state index contributed by atoms with van der Waals surface area (Å²) in [4.78, 5) is 50.5. The van der Waals surface area contributed by atoms with Crippen LogP contribution in [0.4, 0.5) is 5.69 Å². The molecule has 5 rings (SSSR count). The summed E-state index contributed by atoms with van der Waals surface area (Å²) in [5.41, 5.74) is 1.97. The van der Waals surface area contributed by atoms with Crippen LogP contribution in [0.3, 0.4) is 0 Å². The Bertz CT molecular complexity index is 1070. The van der Waals surface area contributed by atoms with Gasteiger partial charge in [-0.3, -0.25) is 14.6 Å².